The largest absolute Gasteiger partial charge is 0.361 e. The van der Waals surface area contributed by atoms with E-state index in [2.05, 4.69) is 12.1 Å². The first-order chi connectivity index (χ1) is 10.1. The Hall–Kier alpha value is -2.10. The molecule has 0 N–H and O–H groups in total. The van der Waals surface area contributed by atoms with Crippen molar-refractivity contribution in [2.75, 3.05) is 0 Å². The topological polar surface area (TPSA) is 46.3 Å². The van der Waals surface area contributed by atoms with Crippen LogP contribution < -0.4 is 0 Å². The maximum atomic E-state index is 12.7. The van der Waals surface area contributed by atoms with Gasteiger partial charge in [-0.1, -0.05) is 35.5 Å². The molecule has 1 aromatic carbocycles. The van der Waals surface area contributed by atoms with Crippen molar-refractivity contribution in [3.63, 3.8) is 0 Å². The summed E-state index contributed by atoms with van der Waals surface area (Å²) in [5.41, 5.74) is 1.54. The standard InChI is InChI=1S/C17H20N2O2/c1-12-10-16(18-21-12)17(20)19(13(2)15-8-9-15)11-14-6-4-3-5-7-14/h3-7,10,13,15H,8-9,11H2,1-2H3. The number of nitrogens with zero attached hydrogens (tertiary/aromatic N) is 2. The summed E-state index contributed by atoms with van der Waals surface area (Å²) in [6.45, 7) is 4.55. The molecule has 0 spiro atoms. The van der Waals surface area contributed by atoms with Gasteiger partial charge in [0.25, 0.3) is 5.91 Å². The third kappa shape index (κ3) is 3.15. The first-order valence-corrected chi connectivity index (χ1v) is 7.43. The number of carbonyl (C=O) groups is 1. The van der Waals surface area contributed by atoms with Crippen molar-refractivity contribution in [3.05, 3.63) is 53.4 Å². The van der Waals surface area contributed by atoms with E-state index in [0.717, 1.165) is 5.56 Å². The molecule has 1 aromatic heterocycles. The summed E-state index contributed by atoms with van der Waals surface area (Å²) in [6.07, 6.45) is 2.41. The molecule has 0 aliphatic heterocycles. The highest BCUT2D eigenvalue weighted by atomic mass is 16.5. The zero-order valence-electron chi connectivity index (χ0n) is 12.5. The van der Waals surface area contributed by atoms with Crippen molar-refractivity contribution in [1.82, 2.24) is 10.1 Å². The average molecular weight is 284 g/mol. The normalized spacial score (nSPS) is 15.7. The quantitative estimate of drug-likeness (QED) is 0.845. The van der Waals surface area contributed by atoms with Crippen molar-refractivity contribution >= 4 is 5.91 Å². The van der Waals surface area contributed by atoms with Gasteiger partial charge in [0, 0.05) is 18.7 Å². The first kappa shape index (κ1) is 13.9. The van der Waals surface area contributed by atoms with E-state index >= 15 is 0 Å². The molecule has 2 aromatic rings. The Kier molecular flexibility index (Phi) is 3.78. The number of aryl methyl sites for hydroxylation is 1. The molecule has 1 amide bonds. The van der Waals surface area contributed by atoms with Gasteiger partial charge in [-0.3, -0.25) is 4.79 Å². The predicted molar refractivity (Wildman–Crippen MR) is 79.7 cm³/mol. The zero-order chi connectivity index (χ0) is 14.8. The van der Waals surface area contributed by atoms with Gasteiger partial charge in [0.05, 0.1) is 0 Å². The number of aromatic nitrogens is 1. The second-order valence-electron chi connectivity index (χ2n) is 5.82. The minimum atomic E-state index is -0.0462. The van der Waals surface area contributed by atoms with Crippen molar-refractivity contribution in [2.24, 2.45) is 5.92 Å². The van der Waals surface area contributed by atoms with E-state index in [1.807, 2.05) is 35.2 Å². The molecule has 0 saturated heterocycles. The van der Waals surface area contributed by atoms with Crippen molar-refractivity contribution in [2.45, 2.75) is 39.3 Å². The second-order valence-corrected chi connectivity index (χ2v) is 5.82. The fraction of sp³-hybridized carbons (Fsp3) is 0.412. The summed E-state index contributed by atoms with van der Waals surface area (Å²) in [7, 11) is 0. The fourth-order valence-corrected chi connectivity index (χ4v) is 2.63. The van der Waals surface area contributed by atoms with E-state index < -0.39 is 0 Å². The van der Waals surface area contributed by atoms with E-state index in [9.17, 15) is 4.79 Å². The summed E-state index contributed by atoms with van der Waals surface area (Å²) in [6, 6.07) is 12.0. The molecule has 1 atom stereocenters. The number of carbonyl (C=O) groups excluding carboxylic acids is 1. The molecule has 1 saturated carbocycles. The summed E-state index contributed by atoms with van der Waals surface area (Å²) in [4.78, 5) is 14.7. The van der Waals surface area contributed by atoms with Crippen LogP contribution in [0.15, 0.2) is 40.9 Å². The van der Waals surface area contributed by atoms with E-state index in [0.29, 0.717) is 23.9 Å². The molecule has 1 aliphatic rings. The van der Waals surface area contributed by atoms with Crippen LogP contribution in [0, 0.1) is 12.8 Å². The Labute approximate surface area is 124 Å². The molecule has 1 fully saturated rings. The summed E-state index contributed by atoms with van der Waals surface area (Å²) in [5, 5.41) is 3.87. The highest BCUT2D eigenvalue weighted by molar-refractivity contribution is 5.92. The van der Waals surface area contributed by atoms with E-state index in [4.69, 9.17) is 4.52 Å². The maximum Gasteiger partial charge on any atom is 0.276 e. The third-order valence-corrected chi connectivity index (χ3v) is 4.10. The Balaban J connectivity index is 1.83. The molecule has 110 valence electrons. The predicted octanol–water partition coefficient (Wildman–Crippen LogP) is 3.42. The lowest BCUT2D eigenvalue weighted by Crippen LogP contribution is -2.39. The Morgan fingerprint density at radius 3 is 2.67 bits per heavy atom. The van der Waals surface area contributed by atoms with Crippen LogP contribution in [0.5, 0.6) is 0 Å². The van der Waals surface area contributed by atoms with Crippen LogP contribution in [0.25, 0.3) is 0 Å². The Bertz CT molecular complexity index is 617. The SMILES string of the molecule is Cc1cc(C(=O)N(Cc2ccccc2)C(C)C2CC2)no1. The summed E-state index contributed by atoms with van der Waals surface area (Å²) < 4.78 is 5.04. The molecule has 4 nitrogen and oxygen atoms in total. The second kappa shape index (κ2) is 5.72. The molecule has 0 bridgehead atoms. The molecular formula is C17H20N2O2. The average Bonchev–Trinajstić information content (AvgIpc) is 3.26. The Morgan fingerprint density at radius 1 is 1.38 bits per heavy atom. The van der Waals surface area contributed by atoms with Crippen molar-refractivity contribution in [3.8, 4) is 0 Å². The Morgan fingerprint density at radius 2 is 2.10 bits per heavy atom. The first-order valence-electron chi connectivity index (χ1n) is 7.43. The van der Waals surface area contributed by atoms with Crippen LogP contribution in [0.3, 0.4) is 0 Å². The van der Waals surface area contributed by atoms with Crippen molar-refractivity contribution < 1.29 is 9.32 Å². The van der Waals surface area contributed by atoms with Gasteiger partial charge >= 0.3 is 0 Å². The van der Waals surface area contributed by atoms with Gasteiger partial charge in [-0.2, -0.15) is 0 Å². The lowest BCUT2D eigenvalue weighted by Gasteiger charge is -2.28. The highest BCUT2D eigenvalue weighted by Gasteiger charge is 2.35. The fourth-order valence-electron chi connectivity index (χ4n) is 2.63. The molecule has 3 rings (SSSR count). The van der Waals surface area contributed by atoms with Gasteiger partial charge in [0.2, 0.25) is 0 Å². The third-order valence-electron chi connectivity index (χ3n) is 4.10. The van der Waals surface area contributed by atoms with Crippen LogP contribution in [0.2, 0.25) is 0 Å². The van der Waals surface area contributed by atoms with E-state index in [-0.39, 0.29) is 11.9 Å². The smallest absolute Gasteiger partial charge is 0.276 e. The van der Waals surface area contributed by atoms with Gasteiger partial charge < -0.3 is 9.42 Å². The van der Waals surface area contributed by atoms with Crippen LogP contribution >= 0.6 is 0 Å². The van der Waals surface area contributed by atoms with Crippen LogP contribution in [-0.2, 0) is 6.54 Å². The van der Waals surface area contributed by atoms with Gasteiger partial charge in [-0.15, -0.1) is 0 Å². The number of rotatable bonds is 5. The number of hydrogen-bond donors (Lipinski definition) is 0. The molecule has 1 heterocycles. The molecule has 4 heteroatoms. The van der Waals surface area contributed by atoms with Gasteiger partial charge in [0.1, 0.15) is 5.76 Å². The minimum absolute atomic E-state index is 0.0462. The molecule has 0 radical (unpaired) electrons. The number of hydrogen-bond acceptors (Lipinski definition) is 3. The van der Waals surface area contributed by atoms with Crippen LogP contribution in [0.4, 0.5) is 0 Å². The number of benzene rings is 1. The van der Waals surface area contributed by atoms with Crippen LogP contribution in [-0.4, -0.2) is 22.0 Å². The molecule has 21 heavy (non-hydrogen) atoms. The summed E-state index contributed by atoms with van der Waals surface area (Å²) >= 11 is 0. The van der Waals surface area contributed by atoms with Crippen LogP contribution in [0.1, 0.15) is 41.6 Å². The molecular weight excluding hydrogens is 264 g/mol. The van der Waals surface area contributed by atoms with Gasteiger partial charge in [-0.25, -0.2) is 0 Å². The van der Waals surface area contributed by atoms with E-state index in [1.54, 1.807) is 13.0 Å². The van der Waals surface area contributed by atoms with Gasteiger partial charge in [0.15, 0.2) is 5.69 Å². The maximum absolute atomic E-state index is 12.7. The monoisotopic (exact) mass is 284 g/mol. The number of amides is 1. The molecule has 1 unspecified atom stereocenters. The minimum Gasteiger partial charge on any atom is -0.361 e. The zero-order valence-corrected chi connectivity index (χ0v) is 12.5. The van der Waals surface area contributed by atoms with E-state index in [1.165, 1.54) is 12.8 Å². The lowest BCUT2D eigenvalue weighted by molar-refractivity contribution is 0.0643. The lowest BCUT2D eigenvalue weighted by atomic mass is 10.1. The van der Waals surface area contributed by atoms with Gasteiger partial charge in [-0.05, 0) is 38.2 Å². The highest BCUT2D eigenvalue weighted by Crippen LogP contribution is 2.36. The molecule has 1 aliphatic carbocycles. The van der Waals surface area contributed by atoms with Crippen molar-refractivity contribution in [1.29, 1.82) is 0 Å². The summed E-state index contributed by atoms with van der Waals surface area (Å²) in [5.74, 6) is 1.23.